The van der Waals surface area contributed by atoms with Crippen molar-refractivity contribution in [3.05, 3.63) is 58.9 Å². The van der Waals surface area contributed by atoms with E-state index < -0.39 is 0 Å². The second kappa shape index (κ2) is 9.52. The van der Waals surface area contributed by atoms with Gasteiger partial charge in [-0.3, -0.25) is 9.78 Å². The van der Waals surface area contributed by atoms with Crippen LogP contribution in [0, 0.1) is 18.3 Å². The fourth-order valence-electron chi connectivity index (χ4n) is 5.82. The summed E-state index contributed by atoms with van der Waals surface area (Å²) < 4.78 is 0. The van der Waals surface area contributed by atoms with Gasteiger partial charge in [-0.25, -0.2) is 0 Å². The number of benzene rings is 1. The molecule has 1 aromatic heterocycles. The van der Waals surface area contributed by atoms with Gasteiger partial charge in [0, 0.05) is 48.7 Å². The lowest BCUT2D eigenvalue weighted by atomic mass is 9.96. The zero-order valence-electron chi connectivity index (χ0n) is 19.5. The van der Waals surface area contributed by atoms with E-state index in [0.717, 1.165) is 55.6 Å². The topological polar surface area (TPSA) is 72.3 Å². The first-order valence-electron chi connectivity index (χ1n) is 12.4. The van der Waals surface area contributed by atoms with Gasteiger partial charge in [0.05, 0.1) is 17.2 Å². The van der Waals surface area contributed by atoms with Gasteiger partial charge >= 0.3 is 0 Å². The Balaban J connectivity index is 1.19. The highest BCUT2D eigenvalue weighted by Crippen LogP contribution is 2.38. The van der Waals surface area contributed by atoms with Crippen LogP contribution in [-0.2, 0) is 6.42 Å². The molecule has 1 N–H and O–H groups in total. The second-order valence-corrected chi connectivity index (χ2v) is 9.89. The van der Waals surface area contributed by atoms with Crippen molar-refractivity contribution >= 4 is 11.6 Å². The molecule has 0 radical (unpaired) electrons. The molecule has 6 nitrogen and oxygen atoms in total. The van der Waals surface area contributed by atoms with E-state index in [2.05, 4.69) is 26.2 Å². The summed E-state index contributed by atoms with van der Waals surface area (Å²) in [5.74, 6) is 0.127. The summed E-state index contributed by atoms with van der Waals surface area (Å²) in [7, 11) is 0. The fraction of sp³-hybridized carbons (Fsp3) is 0.519. The van der Waals surface area contributed by atoms with Crippen molar-refractivity contribution in [3.63, 3.8) is 0 Å². The number of rotatable bonds is 6. The van der Waals surface area contributed by atoms with Gasteiger partial charge in [-0.1, -0.05) is 6.07 Å². The van der Waals surface area contributed by atoms with Crippen molar-refractivity contribution in [2.24, 2.45) is 0 Å². The molecular formula is C27H33N5O. The third-order valence-corrected chi connectivity index (χ3v) is 7.65. The Labute approximate surface area is 196 Å². The molecule has 3 aliphatic rings. The summed E-state index contributed by atoms with van der Waals surface area (Å²) in [5.41, 5.74) is 4.49. The average molecular weight is 444 g/mol. The fourth-order valence-corrected chi connectivity index (χ4v) is 5.82. The normalized spacial score (nSPS) is 24.6. The first-order chi connectivity index (χ1) is 16.1. The Morgan fingerprint density at radius 2 is 1.91 bits per heavy atom. The summed E-state index contributed by atoms with van der Waals surface area (Å²) in [6, 6.07) is 13.1. The molecule has 1 unspecified atom stereocenters. The van der Waals surface area contributed by atoms with Crippen LogP contribution >= 0.6 is 0 Å². The lowest BCUT2D eigenvalue weighted by Crippen LogP contribution is -2.49. The molecule has 3 aliphatic heterocycles. The number of hydrogen-bond donors (Lipinski definition) is 1. The summed E-state index contributed by atoms with van der Waals surface area (Å²) >= 11 is 0. The van der Waals surface area contributed by atoms with Crippen LogP contribution in [0.25, 0.3) is 0 Å². The van der Waals surface area contributed by atoms with Crippen LogP contribution in [0.5, 0.6) is 0 Å². The van der Waals surface area contributed by atoms with Gasteiger partial charge in [0.1, 0.15) is 0 Å². The Morgan fingerprint density at radius 1 is 1.15 bits per heavy atom. The first-order valence-corrected chi connectivity index (χ1v) is 12.4. The molecule has 33 heavy (non-hydrogen) atoms. The number of likely N-dealkylation sites (tertiary alicyclic amines) is 1. The number of nitrogens with zero attached hydrogens (tertiary/aromatic N) is 4. The molecule has 5 rings (SSSR count). The van der Waals surface area contributed by atoms with E-state index in [4.69, 9.17) is 0 Å². The van der Waals surface area contributed by atoms with E-state index in [-0.39, 0.29) is 18.0 Å². The van der Waals surface area contributed by atoms with Gasteiger partial charge < -0.3 is 15.1 Å². The molecule has 1 aromatic carbocycles. The van der Waals surface area contributed by atoms with Crippen molar-refractivity contribution in [2.75, 3.05) is 25.0 Å². The van der Waals surface area contributed by atoms with Gasteiger partial charge in [0.2, 0.25) is 0 Å². The summed E-state index contributed by atoms with van der Waals surface area (Å²) in [6.45, 7) is 5.42. The average Bonchev–Trinajstić information content (AvgIpc) is 3.45. The number of aromatic nitrogens is 1. The number of nitrogens with one attached hydrogen (secondary N) is 1. The summed E-state index contributed by atoms with van der Waals surface area (Å²) in [5, 5.41) is 12.9. The van der Waals surface area contributed by atoms with Crippen LogP contribution in [0.3, 0.4) is 0 Å². The molecule has 3 saturated heterocycles. The maximum absolute atomic E-state index is 13.3. The van der Waals surface area contributed by atoms with Gasteiger partial charge in [-0.2, -0.15) is 5.26 Å². The standard InChI is InChI=1S/C27H33N5O/c1-19-4-6-23(14-21(19)17-28)30-24-15-25-8-9-26(16-24)32(25)27(33)20-5-7-22(29-18-20)10-13-31-11-2-3-12-31/h4-7,14,18,24-26,30H,2-3,8-13,15-16H2,1H3/t24?,25-,26+. The summed E-state index contributed by atoms with van der Waals surface area (Å²) in [6.07, 6.45) is 9.35. The number of anilines is 1. The largest absolute Gasteiger partial charge is 0.382 e. The first kappa shape index (κ1) is 21.9. The number of hydrogen-bond acceptors (Lipinski definition) is 5. The summed E-state index contributed by atoms with van der Waals surface area (Å²) in [4.78, 5) is 22.6. The van der Waals surface area contributed by atoms with Crippen molar-refractivity contribution < 1.29 is 4.79 Å². The number of piperidine rings is 1. The molecule has 2 bridgehead atoms. The lowest BCUT2D eigenvalue weighted by molar-refractivity contribution is 0.0582. The van der Waals surface area contributed by atoms with Gasteiger partial charge in [-0.05, 0) is 88.4 Å². The van der Waals surface area contributed by atoms with Crippen LogP contribution < -0.4 is 5.32 Å². The number of carbonyl (C=O) groups is 1. The number of aryl methyl sites for hydroxylation is 1. The quantitative estimate of drug-likeness (QED) is 0.726. The van der Waals surface area contributed by atoms with E-state index in [1.807, 2.05) is 37.3 Å². The molecule has 6 heteroatoms. The Bertz CT molecular complexity index is 1020. The third kappa shape index (κ3) is 4.74. The van der Waals surface area contributed by atoms with Gasteiger partial charge in [-0.15, -0.1) is 0 Å². The predicted octanol–water partition coefficient (Wildman–Crippen LogP) is 4.15. The molecular weight excluding hydrogens is 410 g/mol. The van der Waals surface area contributed by atoms with Crippen LogP contribution in [0.4, 0.5) is 5.69 Å². The Kier molecular flexibility index (Phi) is 6.32. The monoisotopic (exact) mass is 443 g/mol. The zero-order valence-corrected chi connectivity index (χ0v) is 19.5. The second-order valence-electron chi connectivity index (χ2n) is 9.89. The number of amides is 1. The molecule has 0 spiro atoms. The van der Waals surface area contributed by atoms with E-state index in [0.29, 0.717) is 17.2 Å². The number of fused-ring (bicyclic) bond motifs is 2. The van der Waals surface area contributed by atoms with Crippen LogP contribution in [0.1, 0.15) is 65.7 Å². The van der Waals surface area contributed by atoms with Crippen molar-refractivity contribution in [2.45, 2.75) is 70.0 Å². The smallest absolute Gasteiger partial charge is 0.255 e. The third-order valence-electron chi connectivity index (χ3n) is 7.65. The Hall–Kier alpha value is -2.91. The van der Waals surface area contributed by atoms with E-state index in [1.54, 1.807) is 6.20 Å². The molecule has 2 aromatic rings. The number of pyridine rings is 1. The highest BCUT2D eigenvalue weighted by molar-refractivity contribution is 5.94. The van der Waals surface area contributed by atoms with Crippen molar-refractivity contribution in [3.8, 4) is 6.07 Å². The molecule has 0 saturated carbocycles. The minimum absolute atomic E-state index is 0.127. The predicted molar refractivity (Wildman–Crippen MR) is 129 cm³/mol. The minimum Gasteiger partial charge on any atom is -0.382 e. The molecule has 172 valence electrons. The molecule has 0 aliphatic carbocycles. The SMILES string of the molecule is Cc1ccc(NC2C[C@H]3CC[C@@H](C2)N3C(=O)c2ccc(CCN3CCCC3)nc2)cc1C#N. The highest BCUT2D eigenvalue weighted by Gasteiger charge is 2.43. The van der Waals surface area contributed by atoms with Gasteiger partial charge in [0.15, 0.2) is 0 Å². The molecule has 1 amide bonds. The number of nitriles is 1. The zero-order chi connectivity index (χ0) is 22.8. The van der Waals surface area contributed by atoms with Gasteiger partial charge in [0.25, 0.3) is 5.91 Å². The van der Waals surface area contributed by atoms with Crippen LogP contribution in [-0.4, -0.2) is 58.5 Å². The lowest BCUT2D eigenvalue weighted by Gasteiger charge is -2.39. The number of carbonyl (C=O) groups excluding carboxylic acids is 1. The van der Waals surface area contributed by atoms with Crippen molar-refractivity contribution in [1.82, 2.24) is 14.8 Å². The maximum Gasteiger partial charge on any atom is 0.255 e. The molecule has 4 heterocycles. The Morgan fingerprint density at radius 3 is 2.58 bits per heavy atom. The molecule has 3 atom stereocenters. The minimum atomic E-state index is 0.127. The van der Waals surface area contributed by atoms with Crippen LogP contribution in [0.2, 0.25) is 0 Å². The van der Waals surface area contributed by atoms with E-state index >= 15 is 0 Å². The van der Waals surface area contributed by atoms with Crippen LogP contribution in [0.15, 0.2) is 36.5 Å². The van der Waals surface area contributed by atoms with E-state index in [1.165, 1.54) is 25.9 Å². The molecule has 3 fully saturated rings. The van der Waals surface area contributed by atoms with Crippen molar-refractivity contribution in [1.29, 1.82) is 5.26 Å². The maximum atomic E-state index is 13.3. The van der Waals surface area contributed by atoms with E-state index in [9.17, 15) is 10.1 Å². The highest BCUT2D eigenvalue weighted by atomic mass is 16.2.